The van der Waals surface area contributed by atoms with Gasteiger partial charge in [-0.05, 0) is 18.2 Å². The number of pyridine rings is 1. The number of ether oxygens (including phenoxy) is 2. The van der Waals surface area contributed by atoms with E-state index >= 15 is 0 Å². The third-order valence-electron chi connectivity index (χ3n) is 5.46. The van der Waals surface area contributed by atoms with E-state index in [9.17, 15) is 0 Å². The quantitative estimate of drug-likeness (QED) is 0.478. The summed E-state index contributed by atoms with van der Waals surface area (Å²) in [6.45, 7) is 5.14. The number of hydrogen-bond acceptors (Lipinski definition) is 8. The van der Waals surface area contributed by atoms with Crippen LogP contribution in [0.5, 0.6) is 5.88 Å². The van der Waals surface area contributed by atoms with Crippen molar-refractivity contribution in [2.45, 2.75) is 0 Å². The Morgan fingerprint density at radius 3 is 2.62 bits per heavy atom. The van der Waals surface area contributed by atoms with E-state index in [1.54, 1.807) is 19.6 Å². The zero-order chi connectivity index (χ0) is 21.8. The van der Waals surface area contributed by atoms with Crippen molar-refractivity contribution in [3.63, 3.8) is 0 Å². The van der Waals surface area contributed by atoms with E-state index < -0.39 is 0 Å². The molecule has 1 N–H and O–H groups in total. The first-order valence-electron chi connectivity index (χ1n) is 10.7. The largest absolute Gasteiger partial charge is 0.481 e. The lowest BCUT2D eigenvalue weighted by molar-refractivity contribution is 0.0398. The molecular weight excluding hydrogens is 406 g/mol. The Hall–Kier alpha value is -3.56. The van der Waals surface area contributed by atoms with Crippen LogP contribution in [0.3, 0.4) is 0 Å². The third kappa shape index (κ3) is 4.25. The monoisotopic (exact) mass is 431 g/mol. The molecule has 4 aromatic rings. The number of anilines is 1. The van der Waals surface area contributed by atoms with E-state index in [1.165, 1.54) is 0 Å². The number of benzene rings is 1. The van der Waals surface area contributed by atoms with Gasteiger partial charge < -0.3 is 14.8 Å². The summed E-state index contributed by atoms with van der Waals surface area (Å²) in [5, 5.41) is 3.48. The Balaban J connectivity index is 1.50. The van der Waals surface area contributed by atoms with Gasteiger partial charge in [-0.25, -0.2) is 19.9 Å². The molecule has 0 bridgehead atoms. The van der Waals surface area contributed by atoms with Crippen molar-refractivity contribution in [2.75, 3.05) is 51.8 Å². The Labute approximate surface area is 186 Å². The maximum Gasteiger partial charge on any atom is 0.212 e. The number of rotatable bonds is 7. The number of nitrogens with one attached hydrogen (secondary N) is 1. The Bertz CT molecular complexity index is 1170. The molecule has 0 radical (unpaired) electrons. The summed E-state index contributed by atoms with van der Waals surface area (Å²) in [7, 11) is 1.60. The molecule has 0 saturated carbocycles. The second kappa shape index (κ2) is 9.29. The minimum Gasteiger partial charge on any atom is -0.481 e. The van der Waals surface area contributed by atoms with Gasteiger partial charge in [-0.15, -0.1) is 0 Å². The van der Waals surface area contributed by atoms with Crippen molar-refractivity contribution in [1.82, 2.24) is 29.4 Å². The van der Waals surface area contributed by atoms with Gasteiger partial charge in [-0.1, -0.05) is 18.2 Å². The lowest BCUT2D eigenvalue weighted by atomic mass is 10.2. The van der Waals surface area contributed by atoms with E-state index in [0.29, 0.717) is 17.5 Å². The fraction of sp³-hybridized carbons (Fsp3) is 0.304. The summed E-state index contributed by atoms with van der Waals surface area (Å²) in [5.41, 5.74) is 3.28. The lowest BCUT2D eigenvalue weighted by Gasteiger charge is -2.26. The van der Waals surface area contributed by atoms with Crippen LogP contribution in [0.1, 0.15) is 0 Å². The van der Waals surface area contributed by atoms with E-state index in [-0.39, 0.29) is 0 Å². The van der Waals surface area contributed by atoms with Crippen LogP contribution in [0, 0.1) is 0 Å². The highest BCUT2D eigenvalue weighted by atomic mass is 16.5. The number of para-hydroxylation sites is 1. The first-order valence-corrected chi connectivity index (χ1v) is 10.7. The highest BCUT2D eigenvalue weighted by Gasteiger charge is 2.16. The van der Waals surface area contributed by atoms with E-state index in [2.05, 4.69) is 20.2 Å². The van der Waals surface area contributed by atoms with Crippen LogP contribution in [-0.4, -0.2) is 75.9 Å². The first-order chi connectivity index (χ1) is 15.8. The van der Waals surface area contributed by atoms with Gasteiger partial charge in [0.1, 0.15) is 6.33 Å². The average molecular weight is 432 g/mol. The van der Waals surface area contributed by atoms with Crippen LogP contribution in [0.2, 0.25) is 0 Å². The molecule has 5 rings (SSSR count). The number of nitrogens with zero attached hydrogens (tertiary/aromatic N) is 6. The van der Waals surface area contributed by atoms with Gasteiger partial charge in [0.15, 0.2) is 22.8 Å². The summed E-state index contributed by atoms with van der Waals surface area (Å²) in [6.07, 6.45) is 3.51. The Kier molecular flexibility index (Phi) is 5.91. The molecule has 9 heteroatoms. The molecule has 1 aliphatic heterocycles. The van der Waals surface area contributed by atoms with Crippen LogP contribution < -0.4 is 10.1 Å². The highest BCUT2D eigenvalue weighted by molar-refractivity contribution is 5.86. The van der Waals surface area contributed by atoms with Gasteiger partial charge in [0, 0.05) is 49.7 Å². The smallest absolute Gasteiger partial charge is 0.212 e. The third-order valence-corrected chi connectivity index (χ3v) is 5.46. The number of morpholine rings is 1. The van der Waals surface area contributed by atoms with Crippen LogP contribution in [0.4, 0.5) is 5.82 Å². The second-order valence-corrected chi connectivity index (χ2v) is 7.49. The predicted molar refractivity (Wildman–Crippen MR) is 122 cm³/mol. The maximum atomic E-state index is 5.44. The van der Waals surface area contributed by atoms with Crippen molar-refractivity contribution in [3.05, 3.63) is 55.0 Å². The lowest BCUT2D eigenvalue weighted by Crippen LogP contribution is -2.39. The van der Waals surface area contributed by atoms with Crippen LogP contribution >= 0.6 is 0 Å². The van der Waals surface area contributed by atoms with E-state index in [4.69, 9.17) is 19.4 Å². The summed E-state index contributed by atoms with van der Waals surface area (Å²) < 4.78 is 12.6. The van der Waals surface area contributed by atoms with Crippen LogP contribution in [0.25, 0.3) is 28.2 Å². The van der Waals surface area contributed by atoms with E-state index in [0.717, 1.165) is 61.8 Å². The standard InChI is InChI=1S/C23H25N7O2/c1-31-19-8-7-17(15-25-19)21-27-22(24-9-10-29-11-13-32-14-12-29)20-23(28-21)30(16-26-20)18-5-3-2-4-6-18/h2-8,15-16H,9-14H2,1H3,(H,24,27,28). The molecule has 9 nitrogen and oxygen atoms in total. The molecule has 1 saturated heterocycles. The van der Waals surface area contributed by atoms with Gasteiger partial charge in [-0.2, -0.15) is 0 Å². The minimum absolute atomic E-state index is 0.549. The zero-order valence-corrected chi connectivity index (χ0v) is 17.9. The topological polar surface area (TPSA) is 90.2 Å². The SMILES string of the molecule is COc1ccc(-c2nc(NCCN3CCOCC3)c3ncn(-c4ccccc4)c3n2)cn1. The summed E-state index contributed by atoms with van der Waals surface area (Å²) >= 11 is 0. The van der Waals surface area contributed by atoms with Gasteiger partial charge >= 0.3 is 0 Å². The highest BCUT2D eigenvalue weighted by Crippen LogP contribution is 2.26. The fourth-order valence-corrected chi connectivity index (χ4v) is 3.72. The number of methoxy groups -OCH3 is 1. The normalized spacial score (nSPS) is 14.5. The van der Waals surface area contributed by atoms with Crippen molar-refractivity contribution < 1.29 is 9.47 Å². The number of imidazole rings is 1. The molecule has 1 fully saturated rings. The fourth-order valence-electron chi connectivity index (χ4n) is 3.72. The Morgan fingerprint density at radius 1 is 1.03 bits per heavy atom. The van der Waals surface area contributed by atoms with Crippen LogP contribution in [-0.2, 0) is 4.74 Å². The first kappa shape index (κ1) is 20.3. The number of aromatic nitrogens is 5. The van der Waals surface area contributed by atoms with Crippen molar-refractivity contribution in [1.29, 1.82) is 0 Å². The second-order valence-electron chi connectivity index (χ2n) is 7.49. The minimum atomic E-state index is 0.549. The molecule has 1 aliphatic rings. The molecule has 0 spiro atoms. The molecule has 3 aromatic heterocycles. The molecule has 0 amide bonds. The van der Waals surface area contributed by atoms with Crippen LogP contribution in [0.15, 0.2) is 55.0 Å². The Morgan fingerprint density at radius 2 is 1.88 bits per heavy atom. The molecule has 1 aromatic carbocycles. The van der Waals surface area contributed by atoms with Crippen molar-refractivity contribution >= 4 is 17.0 Å². The summed E-state index contributed by atoms with van der Waals surface area (Å²) in [5.74, 6) is 1.84. The molecule has 164 valence electrons. The molecule has 0 aliphatic carbocycles. The van der Waals surface area contributed by atoms with E-state index in [1.807, 2.05) is 47.0 Å². The molecule has 0 atom stereocenters. The summed E-state index contributed by atoms with van der Waals surface area (Å²) in [4.78, 5) is 21.0. The molecule has 32 heavy (non-hydrogen) atoms. The maximum absolute atomic E-state index is 5.44. The van der Waals surface area contributed by atoms with Gasteiger partial charge in [0.25, 0.3) is 0 Å². The van der Waals surface area contributed by atoms with Crippen molar-refractivity contribution in [2.24, 2.45) is 0 Å². The van der Waals surface area contributed by atoms with Gasteiger partial charge in [-0.3, -0.25) is 9.47 Å². The number of fused-ring (bicyclic) bond motifs is 1. The molecule has 4 heterocycles. The molecule has 0 unspecified atom stereocenters. The number of hydrogen-bond donors (Lipinski definition) is 1. The van der Waals surface area contributed by atoms with Gasteiger partial charge in [0.2, 0.25) is 5.88 Å². The molecular formula is C23H25N7O2. The summed E-state index contributed by atoms with van der Waals surface area (Å²) in [6, 6.07) is 13.8. The zero-order valence-electron chi connectivity index (χ0n) is 17.9. The van der Waals surface area contributed by atoms with Crippen molar-refractivity contribution in [3.8, 4) is 23.0 Å². The predicted octanol–water partition coefficient (Wildman–Crippen LogP) is 2.63. The average Bonchev–Trinajstić information content (AvgIpc) is 3.29. The van der Waals surface area contributed by atoms with Gasteiger partial charge in [0.05, 0.1) is 20.3 Å².